The van der Waals surface area contributed by atoms with Crippen molar-refractivity contribution in [1.29, 1.82) is 0 Å². The van der Waals surface area contributed by atoms with Crippen LogP contribution in [-0.2, 0) is 13.5 Å². The van der Waals surface area contributed by atoms with Crippen LogP contribution in [0.4, 0.5) is 0 Å². The Morgan fingerprint density at radius 1 is 1.28 bits per heavy atom. The van der Waals surface area contributed by atoms with E-state index in [0.717, 1.165) is 13.0 Å². The molecule has 18 heavy (non-hydrogen) atoms. The first-order valence-electron chi connectivity index (χ1n) is 6.86. The second-order valence-corrected chi connectivity index (χ2v) is 5.40. The van der Waals surface area contributed by atoms with Gasteiger partial charge in [0.1, 0.15) is 0 Å². The molecule has 1 aromatic carbocycles. The molecule has 1 aromatic heterocycles. The first-order chi connectivity index (χ1) is 8.63. The molecular weight excluding hydrogens is 220 g/mol. The third-order valence-electron chi connectivity index (χ3n) is 3.64. The van der Waals surface area contributed by atoms with E-state index in [2.05, 4.69) is 55.2 Å². The molecule has 0 atom stereocenters. The minimum atomic E-state index is 0.597. The van der Waals surface area contributed by atoms with Crippen LogP contribution in [0.1, 0.15) is 37.3 Å². The highest BCUT2D eigenvalue weighted by Crippen LogP contribution is 2.26. The topological polar surface area (TPSA) is 17.0 Å². The molecule has 2 heteroatoms. The number of rotatable bonds is 5. The molecule has 0 saturated carbocycles. The monoisotopic (exact) mass is 244 g/mol. The van der Waals surface area contributed by atoms with Crippen LogP contribution in [0.25, 0.3) is 10.9 Å². The van der Waals surface area contributed by atoms with Gasteiger partial charge in [0.15, 0.2) is 0 Å². The predicted molar refractivity (Wildman–Crippen MR) is 79.3 cm³/mol. The number of nitrogens with one attached hydrogen (secondary N) is 1. The summed E-state index contributed by atoms with van der Waals surface area (Å²) in [6, 6.07) is 6.88. The van der Waals surface area contributed by atoms with E-state index in [-0.39, 0.29) is 0 Å². The number of aromatic nitrogens is 1. The van der Waals surface area contributed by atoms with Gasteiger partial charge in [-0.1, -0.05) is 19.9 Å². The maximum Gasteiger partial charge on any atom is 0.0480 e. The first kappa shape index (κ1) is 13.2. The molecule has 0 amide bonds. The molecule has 0 saturated heterocycles. The van der Waals surface area contributed by atoms with Gasteiger partial charge in [-0.25, -0.2) is 0 Å². The van der Waals surface area contributed by atoms with Gasteiger partial charge in [-0.05, 0) is 55.6 Å². The minimum Gasteiger partial charge on any atom is -0.350 e. The van der Waals surface area contributed by atoms with Crippen molar-refractivity contribution in [3.63, 3.8) is 0 Å². The molecule has 0 unspecified atom stereocenters. The Morgan fingerprint density at radius 3 is 2.72 bits per heavy atom. The summed E-state index contributed by atoms with van der Waals surface area (Å²) < 4.78 is 2.24. The van der Waals surface area contributed by atoms with Gasteiger partial charge >= 0.3 is 0 Å². The Balaban J connectivity index is 2.36. The van der Waals surface area contributed by atoms with Gasteiger partial charge in [0.05, 0.1) is 0 Å². The third kappa shape index (κ3) is 2.59. The Morgan fingerprint density at radius 2 is 2.06 bits per heavy atom. The normalized spacial score (nSPS) is 11.6. The Bertz CT molecular complexity index is 523. The molecule has 2 rings (SSSR count). The maximum atomic E-state index is 3.22. The van der Waals surface area contributed by atoms with Gasteiger partial charge in [0, 0.05) is 24.1 Å². The van der Waals surface area contributed by atoms with Gasteiger partial charge in [-0.2, -0.15) is 0 Å². The molecule has 2 aromatic rings. The highest BCUT2D eigenvalue weighted by Gasteiger charge is 2.08. The standard InChI is InChI=1S/C16H24N2/c1-12(2)13-7-8-16-15(10-13)14(11-18(16)4)6-5-9-17-3/h7-8,10-12,17H,5-6,9H2,1-4H3. The fourth-order valence-electron chi connectivity index (χ4n) is 2.51. The highest BCUT2D eigenvalue weighted by atomic mass is 14.9. The summed E-state index contributed by atoms with van der Waals surface area (Å²) in [5, 5.41) is 4.65. The second-order valence-electron chi connectivity index (χ2n) is 5.40. The van der Waals surface area contributed by atoms with Crippen molar-refractivity contribution >= 4 is 10.9 Å². The molecule has 0 fully saturated rings. The average Bonchev–Trinajstić information content (AvgIpc) is 2.66. The molecule has 0 spiro atoms. The highest BCUT2D eigenvalue weighted by molar-refractivity contribution is 5.84. The van der Waals surface area contributed by atoms with Crippen molar-refractivity contribution in [2.24, 2.45) is 7.05 Å². The van der Waals surface area contributed by atoms with Crippen molar-refractivity contribution in [1.82, 2.24) is 9.88 Å². The molecule has 0 aliphatic carbocycles. The molecule has 0 radical (unpaired) electrons. The van der Waals surface area contributed by atoms with Crippen molar-refractivity contribution in [3.8, 4) is 0 Å². The van der Waals surface area contributed by atoms with Crippen LogP contribution in [-0.4, -0.2) is 18.2 Å². The number of aryl methyl sites for hydroxylation is 2. The first-order valence-corrected chi connectivity index (χ1v) is 6.86. The van der Waals surface area contributed by atoms with Crippen molar-refractivity contribution in [2.45, 2.75) is 32.6 Å². The van der Waals surface area contributed by atoms with E-state index in [1.165, 1.54) is 28.5 Å². The van der Waals surface area contributed by atoms with E-state index in [1.54, 1.807) is 0 Å². The quantitative estimate of drug-likeness (QED) is 0.797. The van der Waals surface area contributed by atoms with E-state index >= 15 is 0 Å². The van der Waals surface area contributed by atoms with Crippen LogP contribution in [0, 0.1) is 0 Å². The SMILES string of the molecule is CNCCCc1cn(C)c2ccc(C(C)C)cc12. The number of benzene rings is 1. The second kappa shape index (κ2) is 5.57. The predicted octanol–water partition coefficient (Wildman–Crippen LogP) is 3.45. The lowest BCUT2D eigenvalue weighted by atomic mass is 9.99. The molecular formula is C16H24N2. The molecule has 0 aliphatic heterocycles. The molecule has 1 N–H and O–H groups in total. The molecule has 0 bridgehead atoms. The Hall–Kier alpha value is -1.28. The molecule has 1 heterocycles. The summed E-state index contributed by atoms with van der Waals surface area (Å²) in [4.78, 5) is 0. The fraction of sp³-hybridized carbons (Fsp3) is 0.500. The van der Waals surface area contributed by atoms with Crippen LogP contribution in [0.15, 0.2) is 24.4 Å². The van der Waals surface area contributed by atoms with Gasteiger partial charge in [0.2, 0.25) is 0 Å². The van der Waals surface area contributed by atoms with Crippen molar-refractivity contribution in [2.75, 3.05) is 13.6 Å². The lowest BCUT2D eigenvalue weighted by Gasteiger charge is -2.06. The van der Waals surface area contributed by atoms with Gasteiger partial charge < -0.3 is 9.88 Å². The number of fused-ring (bicyclic) bond motifs is 1. The summed E-state index contributed by atoms with van der Waals surface area (Å²) in [6.45, 7) is 5.59. The van der Waals surface area contributed by atoms with Crippen molar-refractivity contribution < 1.29 is 0 Å². The summed E-state index contributed by atoms with van der Waals surface area (Å²) in [6.07, 6.45) is 4.63. The van der Waals surface area contributed by atoms with Crippen molar-refractivity contribution in [3.05, 3.63) is 35.5 Å². The van der Waals surface area contributed by atoms with Crippen LogP contribution in [0.2, 0.25) is 0 Å². The average molecular weight is 244 g/mol. The van der Waals surface area contributed by atoms with Crippen LogP contribution < -0.4 is 5.32 Å². The van der Waals surface area contributed by atoms with Crippen LogP contribution in [0.5, 0.6) is 0 Å². The maximum absolute atomic E-state index is 3.22. The Kier molecular flexibility index (Phi) is 4.07. The number of nitrogens with zero attached hydrogens (tertiary/aromatic N) is 1. The fourth-order valence-corrected chi connectivity index (χ4v) is 2.51. The number of hydrogen-bond acceptors (Lipinski definition) is 1. The zero-order chi connectivity index (χ0) is 13.1. The van der Waals surface area contributed by atoms with Crippen LogP contribution in [0.3, 0.4) is 0 Å². The van der Waals surface area contributed by atoms with E-state index < -0.39 is 0 Å². The van der Waals surface area contributed by atoms with Gasteiger partial charge in [-0.3, -0.25) is 0 Å². The lowest BCUT2D eigenvalue weighted by molar-refractivity contribution is 0.725. The van der Waals surface area contributed by atoms with E-state index in [4.69, 9.17) is 0 Å². The Labute approximate surface area is 110 Å². The van der Waals surface area contributed by atoms with E-state index in [9.17, 15) is 0 Å². The van der Waals surface area contributed by atoms with Gasteiger partial charge in [0.25, 0.3) is 0 Å². The lowest BCUT2D eigenvalue weighted by Crippen LogP contribution is -2.08. The summed E-state index contributed by atoms with van der Waals surface area (Å²) in [7, 11) is 4.15. The van der Waals surface area contributed by atoms with E-state index in [0.29, 0.717) is 5.92 Å². The summed E-state index contributed by atoms with van der Waals surface area (Å²) >= 11 is 0. The van der Waals surface area contributed by atoms with Crippen LogP contribution >= 0.6 is 0 Å². The molecule has 0 aliphatic rings. The molecule has 2 nitrogen and oxygen atoms in total. The minimum absolute atomic E-state index is 0.597. The zero-order valence-corrected chi connectivity index (χ0v) is 12.0. The summed E-state index contributed by atoms with van der Waals surface area (Å²) in [5.41, 5.74) is 4.26. The summed E-state index contributed by atoms with van der Waals surface area (Å²) in [5.74, 6) is 0.597. The van der Waals surface area contributed by atoms with Gasteiger partial charge in [-0.15, -0.1) is 0 Å². The largest absolute Gasteiger partial charge is 0.350 e. The zero-order valence-electron chi connectivity index (χ0n) is 12.0. The third-order valence-corrected chi connectivity index (χ3v) is 3.64. The number of hydrogen-bond donors (Lipinski definition) is 1. The smallest absolute Gasteiger partial charge is 0.0480 e. The molecule has 98 valence electrons. The van der Waals surface area contributed by atoms with E-state index in [1.807, 2.05) is 7.05 Å².